The van der Waals surface area contributed by atoms with Gasteiger partial charge in [0, 0.05) is 13.8 Å². The van der Waals surface area contributed by atoms with Crippen LogP contribution in [-0.4, -0.2) is 37.1 Å². The van der Waals surface area contributed by atoms with E-state index >= 15 is 0 Å². The van der Waals surface area contributed by atoms with Crippen molar-refractivity contribution in [2.75, 3.05) is 13.2 Å². The van der Waals surface area contributed by atoms with Crippen LogP contribution in [0.5, 0.6) is 0 Å². The second-order valence-corrected chi connectivity index (χ2v) is 3.03. The van der Waals surface area contributed by atoms with Gasteiger partial charge in [-0.15, -0.1) is 0 Å². The first kappa shape index (κ1) is 15.1. The molecule has 0 fully saturated rings. The average Bonchev–Trinajstić information content (AvgIpc) is 2.15. The number of carbonyl (C=O) groups is 4. The van der Waals surface area contributed by atoms with Crippen LogP contribution >= 0.6 is 0 Å². The molecule has 0 aliphatic rings. The molecule has 0 saturated carbocycles. The predicted molar refractivity (Wildman–Crippen MR) is 53.6 cm³/mol. The SMILES string of the molecule is CC(=O)OCCC(=O)OC(=O)CCOC(C)=O. The maximum Gasteiger partial charge on any atom is 0.316 e. The van der Waals surface area contributed by atoms with Crippen molar-refractivity contribution in [3.63, 3.8) is 0 Å². The van der Waals surface area contributed by atoms with E-state index in [4.69, 9.17) is 0 Å². The lowest BCUT2D eigenvalue weighted by molar-refractivity contribution is -0.161. The summed E-state index contributed by atoms with van der Waals surface area (Å²) in [5, 5.41) is 0. The van der Waals surface area contributed by atoms with E-state index in [1.807, 2.05) is 0 Å². The lowest BCUT2D eigenvalue weighted by atomic mass is 10.4. The van der Waals surface area contributed by atoms with Crippen LogP contribution in [0.25, 0.3) is 0 Å². The maximum atomic E-state index is 11.0. The molecule has 0 aromatic rings. The third-order valence-electron chi connectivity index (χ3n) is 1.45. The normalized spacial score (nSPS) is 9.29. The zero-order valence-corrected chi connectivity index (χ0v) is 9.69. The van der Waals surface area contributed by atoms with Gasteiger partial charge in [0.25, 0.3) is 0 Å². The molecule has 7 nitrogen and oxygen atoms in total. The average molecular weight is 246 g/mol. The van der Waals surface area contributed by atoms with E-state index in [-0.39, 0.29) is 26.1 Å². The van der Waals surface area contributed by atoms with Crippen molar-refractivity contribution in [2.24, 2.45) is 0 Å². The number of carbonyl (C=O) groups excluding carboxylic acids is 4. The topological polar surface area (TPSA) is 96.0 Å². The molecule has 0 unspecified atom stereocenters. The minimum absolute atomic E-state index is 0.134. The predicted octanol–water partition coefficient (Wildman–Crippen LogP) is -0.0374. The number of hydrogen-bond acceptors (Lipinski definition) is 7. The van der Waals surface area contributed by atoms with Gasteiger partial charge in [0.15, 0.2) is 0 Å². The summed E-state index contributed by atoms with van der Waals surface area (Å²) in [5.74, 6) is -2.61. The Bertz CT molecular complexity index is 278. The fourth-order valence-electron chi connectivity index (χ4n) is 0.785. The number of hydrogen-bond donors (Lipinski definition) is 0. The second-order valence-electron chi connectivity index (χ2n) is 3.03. The molecule has 0 N–H and O–H groups in total. The van der Waals surface area contributed by atoms with E-state index in [0.29, 0.717) is 0 Å². The highest BCUT2D eigenvalue weighted by molar-refractivity contribution is 5.85. The lowest BCUT2D eigenvalue weighted by Crippen LogP contribution is -2.16. The summed E-state index contributed by atoms with van der Waals surface area (Å²) in [5.41, 5.74) is 0. The van der Waals surface area contributed by atoms with E-state index in [1.54, 1.807) is 0 Å². The van der Waals surface area contributed by atoms with E-state index < -0.39 is 23.9 Å². The van der Waals surface area contributed by atoms with Gasteiger partial charge in [-0.2, -0.15) is 0 Å². The summed E-state index contributed by atoms with van der Waals surface area (Å²) in [6.07, 6.45) is -0.391. The molecular weight excluding hydrogens is 232 g/mol. The first-order valence-electron chi connectivity index (χ1n) is 4.92. The molecule has 17 heavy (non-hydrogen) atoms. The van der Waals surface area contributed by atoms with Gasteiger partial charge in [-0.25, -0.2) is 0 Å². The van der Waals surface area contributed by atoms with Gasteiger partial charge in [0.1, 0.15) is 13.2 Å². The molecule has 0 bridgehead atoms. The number of esters is 4. The summed E-state index contributed by atoms with van der Waals surface area (Å²) in [7, 11) is 0. The van der Waals surface area contributed by atoms with Crippen LogP contribution in [0.1, 0.15) is 26.7 Å². The summed E-state index contributed by atoms with van der Waals surface area (Å²) in [6.45, 7) is 2.14. The van der Waals surface area contributed by atoms with Crippen LogP contribution in [0.15, 0.2) is 0 Å². The highest BCUT2D eigenvalue weighted by atomic mass is 16.6. The minimum atomic E-state index is -0.793. The number of ether oxygens (including phenoxy) is 3. The van der Waals surface area contributed by atoms with Crippen LogP contribution in [-0.2, 0) is 33.4 Å². The molecule has 0 rings (SSSR count). The first-order valence-corrected chi connectivity index (χ1v) is 4.92. The standard InChI is InChI=1S/C10H14O7/c1-7(11)15-5-3-9(13)17-10(14)4-6-16-8(2)12/h3-6H2,1-2H3. The zero-order valence-electron chi connectivity index (χ0n) is 9.69. The van der Waals surface area contributed by atoms with Crippen molar-refractivity contribution in [3.05, 3.63) is 0 Å². The monoisotopic (exact) mass is 246 g/mol. The van der Waals surface area contributed by atoms with Crippen LogP contribution < -0.4 is 0 Å². The van der Waals surface area contributed by atoms with E-state index in [0.717, 1.165) is 0 Å². The molecule has 0 spiro atoms. The van der Waals surface area contributed by atoms with Crippen molar-refractivity contribution in [1.82, 2.24) is 0 Å². The van der Waals surface area contributed by atoms with E-state index in [9.17, 15) is 19.2 Å². The molecule has 7 heteroatoms. The zero-order chi connectivity index (χ0) is 13.3. The molecule has 0 heterocycles. The molecule has 0 atom stereocenters. The van der Waals surface area contributed by atoms with E-state index in [2.05, 4.69) is 14.2 Å². The molecular formula is C10H14O7. The van der Waals surface area contributed by atoms with Crippen LogP contribution in [0, 0.1) is 0 Å². The van der Waals surface area contributed by atoms with Gasteiger partial charge < -0.3 is 14.2 Å². The fourth-order valence-corrected chi connectivity index (χ4v) is 0.785. The smallest absolute Gasteiger partial charge is 0.316 e. The molecule has 96 valence electrons. The third-order valence-corrected chi connectivity index (χ3v) is 1.45. The Labute approximate surface area is 98.0 Å². The van der Waals surface area contributed by atoms with Crippen molar-refractivity contribution < 1.29 is 33.4 Å². The largest absolute Gasteiger partial charge is 0.465 e. The molecule has 0 aromatic heterocycles. The molecule has 0 aliphatic carbocycles. The Kier molecular flexibility index (Phi) is 7.32. The van der Waals surface area contributed by atoms with Crippen LogP contribution in [0.3, 0.4) is 0 Å². The van der Waals surface area contributed by atoms with Crippen LogP contribution in [0.4, 0.5) is 0 Å². The molecule has 0 radical (unpaired) electrons. The van der Waals surface area contributed by atoms with Crippen molar-refractivity contribution in [1.29, 1.82) is 0 Å². The van der Waals surface area contributed by atoms with Gasteiger partial charge >= 0.3 is 23.9 Å². The second kappa shape index (κ2) is 8.26. The minimum Gasteiger partial charge on any atom is -0.465 e. The van der Waals surface area contributed by atoms with Crippen molar-refractivity contribution >= 4 is 23.9 Å². The Morgan fingerprint density at radius 2 is 1.12 bits per heavy atom. The molecule has 0 aromatic carbocycles. The molecule has 0 amide bonds. The summed E-state index contributed by atoms with van der Waals surface area (Å²) in [6, 6.07) is 0. The van der Waals surface area contributed by atoms with Crippen LogP contribution in [0.2, 0.25) is 0 Å². The Balaban J connectivity index is 3.62. The van der Waals surface area contributed by atoms with E-state index in [1.165, 1.54) is 13.8 Å². The van der Waals surface area contributed by atoms with Crippen molar-refractivity contribution in [2.45, 2.75) is 26.7 Å². The maximum absolute atomic E-state index is 11.0. The van der Waals surface area contributed by atoms with Gasteiger partial charge in [-0.05, 0) is 0 Å². The van der Waals surface area contributed by atoms with Gasteiger partial charge in [-0.3, -0.25) is 19.2 Å². The summed E-state index contributed by atoms with van der Waals surface area (Å²) in [4.78, 5) is 42.7. The Morgan fingerprint density at radius 3 is 1.41 bits per heavy atom. The molecule has 0 aliphatic heterocycles. The highest BCUT2D eigenvalue weighted by Gasteiger charge is 2.11. The summed E-state index contributed by atoms with van der Waals surface area (Å²) < 4.78 is 13.3. The Morgan fingerprint density at radius 1 is 0.765 bits per heavy atom. The summed E-state index contributed by atoms with van der Waals surface area (Å²) >= 11 is 0. The number of rotatable bonds is 6. The van der Waals surface area contributed by atoms with Crippen molar-refractivity contribution in [3.8, 4) is 0 Å². The first-order chi connectivity index (χ1) is 7.91. The third kappa shape index (κ3) is 10.4. The van der Waals surface area contributed by atoms with Gasteiger partial charge in [-0.1, -0.05) is 0 Å². The molecule has 0 saturated heterocycles. The Hall–Kier alpha value is -1.92. The lowest BCUT2D eigenvalue weighted by Gasteiger charge is -2.03. The van der Waals surface area contributed by atoms with Gasteiger partial charge in [0.05, 0.1) is 12.8 Å². The fraction of sp³-hybridized carbons (Fsp3) is 0.600. The van der Waals surface area contributed by atoms with Gasteiger partial charge in [0.2, 0.25) is 0 Å². The highest BCUT2D eigenvalue weighted by Crippen LogP contribution is 1.94. The quantitative estimate of drug-likeness (QED) is 0.368.